The van der Waals surface area contributed by atoms with Gasteiger partial charge in [-0.05, 0) is 29.7 Å². The van der Waals surface area contributed by atoms with Crippen molar-refractivity contribution in [3.05, 3.63) is 70.7 Å². The predicted molar refractivity (Wildman–Crippen MR) is 92.4 cm³/mol. The van der Waals surface area contributed by atoms with E-state index in [0.717, 1.165) is 23.9 Å². The second-order valence-corrected chi connectivity index (χ2v) is 5.99. The molecule has 0 aliphatic heterocycles. The SMILES string of the molecule is CN=C(NCc1ccc(Cl)cc1)NC1CC1c1ccccc1. The molecule has 0 aromatic heterocycles. The van der Waals surface area contributed by atoms with Gasteiger partial charge in [0, 0.05) is 30.6 Å². The molecule has 3 rings (SSSR count). The van der Waals surface area contributed by atoms with Crippen LogP contribution in [0.1, 0.15) is 23.5 Å². The summed E-state index contributed by atoms with van der Waals surface area (Å²) in [4.78, 5) is 4.30. The third-order valence-corrected chi connectivity index (χ3v) is 4.19. The van der Waals surface area contributed by atoms with E-state index in [0.29, 0.717) is 12.0 Å². The summed E-state index contributed by atoms with van der Waals surface area (Å²) >= 11 is 5.90. The van der Waals surface area contributed by atoms with Gasteiger partial charge in [0.05, 0.1) is 0 Å². The number of hydrogen-bond acceptors (Lipinski definition) is 1. The van der Waals surface area contributed by atoms with E-state index in [2.05, 4.69) is 46.0 Å². The summed E-state index contributed by atoms with van der Waals surface area (Å²) in [6.45, 7) is 0.736. The number of aliphatic imine (C=N–C) groups is 1. The van der Waals surface area contributed by atoms with Gasteiger partial charge in [-0.15, -0.1) is 0 Å². The van der Waals surface area contributed by atoms with Crippen molar-refractivity contribution in [2.24, 2.45) is 4.99 Å². The summed E-state index contributed by atoms with van der Waals surface area (Å²) in [5, 5.41) is 7.59. The van der Waals surface area contributed by atoms with Crippen LogP contribution in [0, 0.1) is 0 Å². The first-order valence-corrected chi connectivity index (χ1v) is 7.90. The Morgan fingerprint density at radius 1 is 1.14 bits per heavy atom. The normalized spacial score (nSPS) is 20.5. The minimum absolute atomic E-state index is 0.471. The Hall–Kier alpha value is -2.00. The van der Waals surface area contributed by atoms with Crippen molar-refractivity contribution in [2.45, 2.75) is 24.9 Å². The Kier molecular flexibility index (Phi) is 4.64. The molecule has 2 unspecified atom stereocenters. The molecule has 2 aromatic carbocycles. The average Bonchev–Trinajstić information content (AvgIpc) is 3.33. The highest BCUT2D eigenvalue weighted by Gasteiger charge is 2.38. The van der Waals surface area contributed by atoms with E-state index in [4.69, 9.17) is 11.6 Å². The second-order valence-electron chi connectivity index (χ2n) is 5.56. The lowest BCUT2D eigenvalue weighted by Gasteiger charge is -2.12. The Balaban J connectivity index is 1.50. The average molecular weight is 314 g/mol. The zero-order chi connectivity index (χ0) is 15.4. The van der Waals surface area contributed by atoms with Gasteiger partial charge in [0.1, 0.15) is 0 Å². The van der Waals surface area contributed by atoms with E-state index < -0.39 is 0 Å². The molecule has 2 aromatic rings. The molecule has 0 heterocycles. The molecular weight excluding hydrogens is 294 g/mol. The molecule has 3 nitrogen and oxygen atoms in total. The maximum atomic E-state index is 5.90. The maximum absolute atomic E-state index is 5.90. The monoisotopic (exact) mass is 313 g/mol. The molecule has 0 radical (unpaired) electrons. The number of benzene rings is 2. The molecular formula is C18H20ClN3. The third kappa shape index (κ3) is 3.80. The first-order chi connectivity index (χ1) is 10.8. The highest BCUT2D eigenvalue weighted by molar-refractivity contribution is 6.30. The van der Waals surface area contributed by atoms with Crippen molar-refractivity contribution in [1.82, 2.24) is 10.6 Å². The van der Waals surface area contributed by atoms with Crippen molar-refractivity contribution in [2.75, 3.05) is 7.05 Å². The van der Waals surface area contributed by atoms with Crippen molar-refractivity contribution in [3.8, 4) is 0 Å². The number of rotatable bonds is 4. The van der Waals surface area contributed by atoms with Gasteiger partial charge in [0.2, 0.25) is 0 Å². The van der Waals surface area contributed by atoms with Crippen LogP contribution in [0.5, 0.6) is 0 Å². The Morgan fingerprint density at radius 2 is 1.86 bits per heavy atom. The van der Waals surface area contributed by atoms with Crippen molar-refractivity contribution >= 4 is 17.6 Å². The van der Waals surface area contributed by atoms with E-state index in [9.17, 15) is 0 Å². The molecule has 0 amide bonds. The minimum atomic E-state index is 0.471. The van der Waals surface area contributed by atoms with Crippen LogP contribution >= 0.6 is 11.6 Å². The van der Waals surface area contributed by atoms with Crippen LogP contribution in [-0.2, 0) is 6.54 Å². The fraction of sp³-hybridized carbons (Fsp3) is 0.278. The predicted octanol–water partition coefficient (Wildman–Crippen LogP) is 3.56. The van der Waals surface area contributed by atoms with Gasteiger partial charge in [0.15, 0.2) is 5.96 Å². The first kappa shape index (κ1) is 14.9. The molecule has 0 spiro atoms. The molecule has 22 heavy (non-hydrogen) atoms. The van der Waals surface area contributed by atoms with Crippen LogP contribution < -0.4 is 10.6 Å². The molecule has 2 atom stereocenters. The lowest BCUT2D eigenvalue weighted by Crippen LogP contribution is -2.38. The zero-order valence-electron chi connectivity index (χ0n) is 12.6. The van der Waals surface area contributed by atoms with Crippen molar-refractivity contribution < 1.29 is 0 Å². The maximum Gasteiger partial charge on any atom is 0.191 e. The summed E-state index contributed by atoms with van der Waals surface area (Å²) in [5.41, 5.74) is 2.58. The molecule has 1 saturated carbocycles. The third-order valence-electron chi connectivity index (χ3n) is 3.94. The summed E-state index contributed by atoms with van der Waals surface area (Å²) in [7, 11) is 1.80. The van der Waals surface area contributed by atoms with Crippen LogP contribution in [0.2, 0.25) is 5.02 Å². The quantitative estimate of drug-likeness (QED) is 0.669. The minimum Gasteiger partial charge on any atom is -0.353 e. The first-order valence-electron chi connectivity index (χ1n) is 7.53. The van der Waals surface area contributed by atoms with Gasteiger partial charge in [-0.25, -0.2) is 0 Å². The van der Waals surface area contributed by atoms with Crippen LogP contribution in [0.15, 0.2) is 59.6 Å². The van der Waals surface area contributed by atoms with Crippen LogP contribution in [0.4, 0.5) is 0 Å². The number of nitrogens with one attached hydrogen (secondary N) is 2. The van der Waals surface area contributed by atoms with E-state index in [1.54, 1.807) is 7.05 Å². The number of hydrogen-bond donors (Lipinski definition) is 2. The molecule has 0 bridgehead atoms. The largest absolute Gasteiger partial charge is 0.353 e. The Morgan fingerprint density at radius 3 is 2.55 bits per heavy atom. The topological polar surface area (TPSA) is 36.4 Å². The van der Waals surface area contributed by atoms with Gasteiger partial charge in [-0.1, -0.05) is 54.1 Å². The van der Waals surface area contributed by atoms with E-state index >= 15 is 0 Å². The number of halogens is 1. The molecule has 1 aliphatic rings. The standard InChI is InChI=1S/C18H20ClN3/c1-20-18(21-12-13-7-9-15(19)10-8-13)22-17-11-16(17)14-5-3-2-4-6-14/h2-10,16-17H,11-12H2,1H3,(H2,20,21,22). The van der Waals surface area contributed by atoms with E-state index in [1.165, 1.54) is 11.1 Å². The van der Waals surface area contributed by atoms with E-state index in [1.807, 2.05) is 24.3 Å². The van der Waals surface area contributed by atoms with Gasteiger partial charge < -0.3 is 10.6 Å². The summed E-state index contributed by atoms with van der Waals surface area (Å²) in [6, 6.07) is 18.9. The number of nitrogens with zero attached hydrogens (tertiary/aromatic N) is 1. The fourth-order valence-corrected chi connectivity index (χ4v) is 2.71. The van der Waals surface area contributed by atoms with E-state index in [-0.39, 0.29) is 0 Å². The Bertz CT molecular complexity index is 637. The van der Waals surface area contributed by atoms with Gasteiger partial charge >= 0.3 is 0 Å². The van der Waals surface area contributed by atoms with Crippen molar-refractivity contribution in [3.63, 3.8) is 0 Å². The highest BCUT2D eigenvalue weighted by atomic mass is 35.5. The van der Waals surface area contributed by atoms with Gasteiger partial charge in [-0.2, -0.15) is 0 Å². The summed E-state index contributed by atoms with van der Waals surface area (Å²) < 4.78 is 0. The molecule has 114 valence electrons. The lowest BCUT2D eigenvalue weighted by molar-refractivity contribution is 0.790. The molecule has 4 heteroatoms. The van der Waals surface area contributed by atoms with Gasteiger partial charge in [-0.3, -0.25) is 4.99 Å². The summed E-state index contributed by atoms with van der Waals surface area (Å²) in [6.07, 6.45) is 1.16. The zero-order valence-corrected chi connectivity index (χ0v) is 13.3. The summed E-state index contributed by atoms with van der Waals surface area (Å²) in [5.74, 6) is 1.44. The van der Waals surface area contributed by atoms with Gasteiger partial charge in [0.25, 0.3) is 0 Å². The molecule has 1 fully saturated rings. The highest BCUT2D eigenvalue weighted by Crippen LogP contribution is 2.40. The smallest absolute Gasteiger partial charge is 0.191 e. The molecule has 0 saturated heterocycles. The lowest BCUT2D eigenvalue weighted by atomic mass is 10.1. The van der Waals surface area contributed by atoms with Crippen LogP contribution in [0.25, 0.3) is 0 Å². The van der Waals surface area contributed by atoms with Crippen LogP contribution in [-0.4, -0.2) is 19.0 Å². The fourth-order valence-electron chi connectivity index (χ4n) is 2.58. The molecule has 2 N–H and O–H groups in total. The molecule has 1 aliphatic carbocycles. The number of guanidine groups is 1. The second kappa shape index (κ2) is 6.84. The van der Waals surface area contributed by atoms with Crippen molar-refractivity contribution in [1.29, 1.82) is 0 Å². The Labute approximate surface area is 136 Å². The van der Waals surface area contributed by atoms with Crippen LogP contribution in [0.3, 0.4) is 0 Å².